The molecule has 2 N–H and O–H groups in total. The van der Waals surface area contributed by atoms with Gasteiger partial charge in [0, 0.05) is 31.2 Å². The molecule has 132 valence electrons. The number of nitrogens with one attached hydrogen (secondary N) is 2. The third kappa shape index (κ3) is 5.09. The van der Waals surface area contributed by atoms with Gasteiger partial charge in [0.15, 0.2) is 0 Å². The molecule has 7 heteroatoms. The molecule has 5 nitrogen and oxygen atoms in total. The Morgan fingerprint density at radius 2 is 2.17 bits per heavy atom. The average molecular weight is 356 g/mol. The van der Waals surface area contributed by atoms with Gasteiger partial charge < -0.3 is 15.5 Å². The fourth-order valence-electron chi connectivity index (χ4n) is 2.64. The molecule has 0 saturated carbocycles. The van der Waals surface area contributed by atoms with Crippen LogP contribution in [0.25, 0.3) is 0 Å². The van der Waals surface area contributed by atoms with E-state index in [9.17, 15) is 14.0 Å². The van der Waals surface area contributed by atoms with Gasteiger partial charge in [0.05, 0.1) is 5.02 Å². The number of benzene rings is 1. The van der Waals surface area contributed by atoms with Crippen molar-refractivity contribution in [3.05, 3.63) is 29.0 Å². The van der Waals surface area contributed by atoms with Crippen LogP contribution in [-0.4, -0.2) is 36.5 Å². The van der Waals surface area contributed by atoms with Crippen LogP contribution in [0.5, 0.6) is 0 Å². The van der Waals surface area contributed by atoms with Crippen LogP contribution in [0.3, 0.4) is 0 Å². The zero-order chi connectivity index (χ0) is 17.7. The topological polar surface area (TPSA) is 61.4 Å². The standard InChI is InChI=1S/C17H23ClFN3O2/c1-11(2)16(23)20-9-12-4-3-7-22(10-12)17(24)21-13-5-6-15(19)14(18)8-13/h5-6,8,11-12H,3-4,7,9-10H2,1-2H3,(H,20,23)(H,21,24)/t12-/m1/s1. The zero-order valence-electron chi connectivity index (χ0n) is 13.9. The van der Waals surface area contributed by atoms with E-state index in [1.54, 1.807) is 4.90 Å². The summed E-state index contributed by atoms with van der Waals surface area (Å²) in [5, 5.41) is 5.62. The first-order chi connectivity index (χ1) is 11.4. The quantitative estimate of drug-likeness (QED) is 0.868. The summed E-state index contributed by atoms with van der Waals surface area (Å²) >= 11 is 5.72. The van der Waals surface area contributed by atoms with Crippen LogP contribution in [0.4, 0.5) is 14.9 Å². The molecule has 2 rings (SSSR count). The molecule has 0 unspecified atom stereocenters. The fraction of sp³-hybridized carbons (Fsp3) is 0.529. The van der Waals surface area contributed by atoms with Crippen molar-refractivity contribution in [1.82, 2.24) is 10.2 Å². The number of hydrogen-bond acceptors (Lipinski definition) is 2. The first-order valence-corrected chi connectivity index (χ1v) is 8.53. The normalized spacial score (nSPS) is 17.7. The number of hydrogen-bond donors (Lipinski definition) is 2. The van der Waals surface area contributed by atoms with Crippen LogP contribution < -0.4 is 10.6 Å². The molecule has 1 heterocycles. The number of anilines is 1. The average Bonchev–Trinajstić information content (AvgIpc) is 2.56. The van der Waals surface area contributed by atoms with Crippen molar-refractivity contribution < 1.29 is 14.0 Å². The number of urea groups is 1. The maximum Gasteiger partial charge on any atom is 0.321 e. The second-order valence-electron chi connectivity index (χ2n) is 6.41. The molecule has 0 aromatic heterocycles. The van der Waals surface area contributed by atoms with Gasteiger partial charge in [-0.05, 0) is 37.0 Å². The largest absolute Gasteiger partial charge is 0.356 e. The van der Waals surface area contributed by atoms with E-state index in [1.165, 1.54) is 18.2 Å². The Labute approximate surface area is 146 Å². The van der Waals surface area contributed by atoms with Gasteiger partial charge in [-0.1, -0.05) is 25.4 Å². The number of rotatable bonds is 4. The van der Waals surface area contributed by atoms with Gasteiger partial charge in [0.25, 0.3) is 0 Å². The van der Waals surface area contributed by atoms with Gasteiger partial charge >= 0.3 is 6.03 Å². The molecular formula is C17H23ClFN3O2. The van der Waals surface area contributed by atoms with Gasteiger partial charge in [-0.25, -0.2) is 9.18 Å². The van der Waals surface area contributed by atoms with Crippen molar-refractivity contribution in [3.8, 4) is 0 Å². The van der Waals surface area contributed by atoms with Crippen molar-refractivity contribution in [3.63, 3.8) is 0 Å². The molecule has 1 fully saturated rings. The summed E-state index contributed by atoms with van der Waals surface area (Å²) in [4.78, 5) is 25.7. The van der Waals surface area contributed by atoms with E-state index in [0.29, 0.717) is 25.3 Å². The summed E-state index contributed by atoms with van der Waals surface area (Å²) in [7, 11) is 0. The molecule has 0 spiro atoms. The monoisotopic (exact) mass is 355 g/mol. The van der Waals surface area contributed by atoms with Crippen LogP contribution in [-0.2, 0) is 4.79 Å². The molecule has 0 aliphatic carbocycles. The molecule has 1 aliphatic heterocycles. The molecule has 1 aromatic carbocycles. The SMILES string of the molecule is CC(C)C(=O)NC[C@H]1CCCN(C(=O)Nc2ccc(F)c(Cl)c2)C1. The Morgan fingerprint density at radius 1 is 1.42 bits per heavy atom. The van der Waals surface area contributed by atoms with E-state index in [2.05, 4.69) is 10.6 Å². The summed E-state index contributed by atoms with van der Waals surface area (Å²) in [6.45, 7) is 5.52. The summed E-state index contributed by atoms with van der Waals surface area (Å²) in [5.74, 6) is -0.300. The number of carbonyl (C=O) groups excluding carboxylic acids is 2. The lowest BCUT2D eigenvalue weighted by Gasteiger charge is -2.33. The number of carbonyl (C=O) groups is 2. The van der Waals surface area contributed by atoms with Crippen molar-refractivity contribution >= 4 is 29.2 Å². The zero-order valence-corrected chi connectivity index (χ0v) is 14.7. The summed E-state index contributed by atoms with van der Waals surface area (Å²) in [6.07, 6.45) is 1.87. The van der Waals surface area contributed by atoms with Gasteiger partial charge in [0.2, 0.25) is 5.91 Å². The second-order valence-corrected chi connectivity index (χ2v) is 6.82. The molecule has 1 saturated heterocycles. The Morgan fingerprint density at radius 3 is 2.83 bits per heavy atom. The van der Waals surface area contributed by atoms with Crippen LogP contribution in [0.15, 0.2) is 18.2 Å². The maximum absolute atomic E-state index is 13.2. The van der Waals surface area contributed by atoms with E-state index in [4.69, 9.17) is 11.6 Å². The van der Waals surface area contributed by atoms with Crippen LogP contribution in [0.1, 0.15) is 26.7 Å². The highest BCUT2D eigenvalue weighted by Gasteiger charge is 2.24. The number of piperidine rings is 1. The highest BCUT2D eigenvalue weighted by Crippen LogP contribution is 2.21. The molecular weight excluding hydrogens is 333 g/mol. The number of nitrogens with zero attached hydrogens (tertiary/aromatic N) is 1. The molecule has 24 heavy (non-hydrogen) atoms. The molecule has 1 atom stereocenters. The van der Waals surface area contributed by atoms with Gasteiger partial charge in [-0.3, -0.25) is 4.79 Å². The van der Waals surface area contributed by atoms with Crippen molar-refractivity contribution in [2.45, 2.75) is 26.7 Å². The van der Waals surface area contributed by atoms with E-state index >= 15 is 0 Å². The first-order valence-electron chi connectivity index (χ1n) is 8.15. The third-order valence-electron chi connectivity index (χ3n) is 4.07. The summed E-state index contributed by atoms with van der Waals surface area (Å²) in [6, 6.07) is 3.85. The van der Waals surface area contributed by atoms with Crippen molar-refractivity contribution in [2.75, 3.05) is 25.0 Å². The van der Waals surface area contributed by atoms with Gasteiger partial charge in [-0.2, -0.15) is 0 Å². The van der Waals surface area contributed by atoms with Crippen LogP contribution in [0, 0.1) is 17.7 Å². The maximum atomic E-state index is 13.2. The minimum Gasteiger partial charge on any atom is -0.356 e. The molecule has 0 bridgehead atoms. The Bertz CT molecular complexity index is 609. The van der Waals surface area contributed by atoms with Gasteiger partial charge in [-0.15, -0.1) is 0 Å². The van der Waals surface area contributed by atoms with Gasteiger partial charge in [0.1, 0.15) is 5.82 Å². The number of halogens is 2. The van der Waals surface area contributed by atoms with E-state index in [1.807, 2.05) is 13.8 Å². The number of likely N-dealkylation sites (tertiary alicyclic amines) is 1. The van der Waals surface area contributed by atoms with Crippen molar-refractivity contribution in [1.29, 1.82) is 0 Å². The van der Waals surface area contributed by atoms with E-state index < -0.39 is 5.82 Å². The molecule has 3 amide bonds. The fourth-order valence-corrected chi connectivity index (χ4v) is 2.82. The Balaban J connectivity index is 1.87. The predicted octanol–water partition coefficient (Wildman–Crippen LogP) is 3.50. The highest BCUT2D eigenvalue weighted by atomic mass is 35.5. The third-order valence-corrected chi connectivity index (χ3v) is 4.36. The smallest absolute Gasteiger partial charge is 0.321 e. The lowest BCUT2D eigenvalue weighted by atomic mass is 9.98. The molecule has 0 radical (unpaired) electrons. The lowest BCUT2D eigenvalue weighted by molar-refractivity contribution is -0.124. The second kappa shape index (κ2) is 8.33. The Kier molecular flexibility index (Phi) is 6.43. The first kappa shape index (κ1) is 18.5. The lowest BCUT2D eigenvalue weighted by Crippen LogP contribution is -2.45. The van der Waals surface area contributed by atoms with E-state index in [-0.39, 0.29) is 28.8 Å². The minimum absolute atomic E-state index is 0.0255. The predicted molar refractivity (Wildman–Crippen MR) is 92.6 cm³/mol. The summed E-state index contributed by atoms with van der Waals surface area (Å²) < 4.78 is 13.2. The van der Waals surface area contributed by atoms with Crippen LogP contribution >= 0.6 is 11.6 Å². The van der Waals surface area contributed by atoms with Crippen molar-refractivity contribution in [2.24, 2.45) is 11.8 Å². The van der Waals surface area contributed by atoms with Crippen LogP contribution in [0.2, 0.25) is 5.02 Å². The highest BCUT2D eigenvalue weighted by molar-refractivity contribution is 6.31. The molecule has 1 aromatic rings. The minimum atomic E-state index is -0.520. The van der Waals surface area contributed by atoms with E-state index in [0.717, 1.165) is 12.8 Å². The molecule has 1 aliphatic rings. The number of amides is 3. The summed E-state index contributed by atoms with van der Waals surface area (Å²) in [5.41, 5.74) is 0.460. The Hall–Kier alpha value is -1.82.